The van der Waals surface area contributed by atoms with Crippen LogP contribution in [0.3, 0.4) is 0 Å². The molecule has 2 saturated heterocycles. The van der Waals surface area contributed by atoms with E-state index < -0.39 is 0 Å². The van der Waals surface area contributed by atoms with Crippen molar-refractivity contribution >= 4 is 5.91 Å². The van der Waals surface area contributed by atoms with Crippen LogP contribution in [0.4, 0.5) is 0 Å². The second kappa shape index (κ2) is 7.88. The first-order valence-corrected chi connectivity index (χ1v) is 9.76. The van der Waals surface area contributed by atoms with Crippen LogP contribution in [0.2, 0.25) is 0 Å². The van der Waals surface area contributed by atoms with E-state index in [1.807, 2.05) is 23.2 Å². The SMILES string of the molecule is CC(C)CC[C@H]1[C@@H](OCc2ccccc2)C(=O)N1N1[C@H](C)CC[C@H]1C. The molecule has 2 aliphatic rings. The highest BCUT2D eigenvalue weighted by molar-refractivity contribution is 5.88. The Morgan fingerprint density at radius 2 is 1.76 bits per heavy atom. The van der Waals surface area contributed by atoms with Gasteiger partial charge in [0, 0.05) is 12.1 Å². The van der Waals surface area contributed by atoms with Crippen molar-refractivity contribution in [1.29, 1.82) is 0 Å². The summed E-state index contributed by atoms with van der Waals surface area (Å²) in [5.74, 6) is 0.783. The standard InChI is InChI=1S/C21H32N2O2/c1-15(2)10-13-19-20(25-14-18-8-6-5-7-9-18)21(24)23(19)22-16(3)11-12-17(22)4/h5-9,15-17,19-20H,10-14H2,1-4H3/t16-,17-,19+,20-/m1/s1. The largest absolute Gasteiger partial charge is 0.361 e. The number of hydrogen-bond acceptors (Lipinski definition) is 3. The Morgan fingerprint density at radius 1 is 1.12 bits per heavy atom. The maximum Gasteiger partial charge on any atom is 0.268 e. The molecule has 4 heteroatoms. The second-order valence-electron chi connectivity index (χ2n) is 8.09. The van der Waals surface area contributed by atoms with Crippen molar-refractivity contribution in [3.8, 4) is 0 Å². The third-order valence-electron chi connectivity index (χ3n) is 5.60. The van der Waals surface area contributed by atoms with Crippen molar-refractivity contribution in [3.05, 3.63) is 35.9 Å². The number of nitrogens with zero attached hydrogens (tertiary/aromatic N) is 2. The molecule has 4 atom stereocenters. The number of hydrazine groups is 1. The van der Waals surface area contributed by atoms with Crippen LogP contribution >= 0.6 is 0 Å². The molecule has 1 aromatic carbocycles. The van der Waals surface area contributed by atoms with E-state index in [4.69, 9.17) is 4.74 Å². The fraction of sp³-hybridized carbons (Fsp3) is 0.667. The van der Waals surface area contributed by atoms with Crippen LogP contribution in [-0.4, -0.2) is 40.2 Å². The molecule has 0 N–H and O–H groups in total. The van der Waals surface area contributed by atoms with Crippen molar-refractivity contribution in [1.82, 2.24) is 10.0 Å². The monoisotopic (exact) mass is 344 g/mol. The highest BCUT2D eigenvalue weighted by atomic mass is 16.5. The molecule has 0 spiro atoms. The third-order valence-corrected chi connectivity index (χ3v) is 5.60. The molecule has 2 heterocycles. The van der Waals surface area contributed by atoms with Crippen molar-refractivity contribution in [2.24, 2.45) is 5.92 Å². The first kappa shape index (κ1) is 18.4. The fourth-order valence-corrected chi connectivity index (χ4v) is 4.12. The van der Waals surface area contributed by atoms with Gasteiger partial charge in [0.15, 0.2) is 6.10 Å². The molecular weight excluding hydrogens is 312 g/mol. The van der Waals surface area contributed by atoms with Gasteiger partial charge in [-0.2, -0.15) is 0 Å². The molecule has 4 nitrogen and oxygen atoms in total. The van der Waals surface area contributed by atoms with Gasteiger partial charge in [-0.25, -0.2) is 5.01 Å². The quantitative estimate of drug-likeness (QED) is 0.701. The Labute approximate surface area is 152 Å². The summed E-state index contributed by atoms with van der Waals surface area (Å²) in [5.41, 5.74) is 1.12. The molecule has 2 fully saturated rings. The molecule has 25 heavy (non-hydrogen) atoms. The molecule has 0 aliphatic carbocycles. The number of amides is 1. The Balaban J connectivity index is 1.68. The summed E-state index contributed by atoms with van der Waals surface area (Å²) in [6.07, 6.45) is 4.17. The summed E-state index contributed by atoms with van der Waals surface area (Å²) in [5, 5.41) is 4.34. The lowest BCUT2D eigenvalue weighted by molar-refractivity contribution is -0.221. The van der Waals surface area contributed by atoms with Crippen LogP contribution < -0.4 is 0 Å². The van der Waals surface area contributed by atoms with Gasteiger partial charge in [0.2, 0.25) is 0 Å². The highest BCUT2D eigenvalue weighted by Gasteiger charge is 2.53. The van der Waals surface area contributed by atoms with Gasteiger partial charge in [-0.15, -0.1) is 0 Å². The number of rotatable bonds is 7. The summed E-state index contributed by atoms with van der Waals surface area (Å²) < 4.78 is 6.06. The minimum absolute atomic E-state index is 0.144. The van der Waals surface area contributed by atoms with E-state index in [2.05, 4.69) is 44.8 Å². The van der Waals surface area contributed by atoms with Crippen molar-refractivity contribution < 1.29 is 9.53 Å². The summed E-state index contributed by atoms with van der Waals surface area (Å²) in [7, 11) is 0. The van der Waals surface area contributed by atoms with Crippen LogP contribution in [0.5, 0.6) is 0 Å². The zero-order chi connectivity index (χ0) is 18.0. The minimum atomic E-state index is -0.293. The van der Waals surface area contributed by atoms with Gasteiger partial charge >= 0.3 is 0 Å². The zero-order valence-corrected chi connectivity index (χ0v) is 16.0. The van der Waals surface area contributed by atoms with Crippen LogP contribution in [-0.2, 0) is 16.1 Å². The van der Waals surface area contributed by atoms with Gasteiger partial charge in [-0.05, 0) is 51.0 Å². The van der Waals surface area contributed by atoms with Crippen LogP contribution in [0.25, 0.3) is 0 Å². The average Bonchev–Trinajstić information content (AvgIpc) is 2.91. The molecule has 0 saturated carbocycles. The van der Waals surface area contributed by atoms with Gasteiger partial charge in [-0.1, -0.05) is 44.2 Å². The summed E-state index contributed by atoms with van der Waals surface area (Å²) in [6, 6.07) is 11.2. The predicted molar refractivity (Wildman–Crippen MR) is 99.7 cm³/mol. The molecule has 0 aromatic heterocycles. The van der Waals surface area contributed by atoms with E-state index in [0.717, 1.165) is 31.2 Å². The molecule has 3 rings (SSSR count). The first-order chi connectivity index (χ1) is 12.0. The molecule has 0 radical (unpaired) electrons. The minimum Gasteiger partial charge on any atom is -0.361 e. The van der Waals surface area contributed by atoms with Gasteiger partial charge in [-0.3, -0.25) is 9.80 Å². The molecule has 0 bridgehead atoms. The summed E-state index contributed by atoms with van der Waals surface area (Å²) in [6.45, 7) is 9.45. The smallest absolute Gasteiger partial charge is 0.268 e. The molecule has 1 aromatic rings. The number of β-lactam (4-membered cyclic amide) rings is 1. The molecule has 2 aliphatic heterocycles. The molecule has 0 unspecified atom stereocenters. The van der Waals surface area contributed by atoms with Gasteiger partial charge in [0.25, 0.3) is 5.91 Å². The maximum absolute atomic E-state index is 12.9. The van der Waals surface area contributed by atoms with E-state index in [0.29, 0.717) is 24.6 Å². The van der Waals surface area contributed by atoms with Crippen molar-refractivity contribution in [2.45, 2.75) is 84.2 Å². The van der Waals surface area contributed by atoms with Gasteiger partial charge in [0.1, 0.15) is 0 Å². The van der Waals surface area contributed by atoms with Crippen LogP contribution in [0.15, 0.2) is 30.3 Å². The number of benzene rings is 1. The lowest BCUT2D eigenvalue weighted by atomic mass is 9.92. The van der Waals surface area contributed by atoms with E-state index in [-0.39, 0.29) is 18.1 Å². The first-order valence-electron chi connectivity index (χ1n) is 9.76. The van der Waals surface area contributed by atoms with E-state index in [9.17, 15) is 4.79 Å². The topological polar surface area (TPSA) is 32.8 Å². The number of ether oxygens (including phenoxy) is 1. The van der Waals surface area contributed by atoms with E-state index >= 15 is 0 Å². The molecular formula is C21H32N2O2. The Kier molecular flexibility index (Phi) is 5.80. The fourth-order valence-electron chi connectivity index (χ4n) is 4.12. The maximum atomic E-state index is 12.9. The Hall–Kier alpha value is -1.39. The van der Waals surface area contributed by atoms with Crippen LogP contribution in [0, 0.1) is 5.92 Å². The van der Waals surface area contributed by atoms with E-state index in [1.54, 1.807) is 0 Å². The van der Waals surface area contributed by atoms with E-state index in [1.165, 1.54) is 0 Å². The number of hydrogen-bond donors (Lipinski definition) is 0. The summed E-state index contributed by atoms with van der Waals surface area (Å²) >= 11 is 0. The highest BCUT2D eigenvalue weighted by Crippen LogP contribution is 2.36. The van der Waals surface area contributed by atoms with Gasteiger partial charge in [0.05, 0.1) is 12.6 Å². The normalized spacial score (nSPS) is 30.1. The zero-order valence-electron chi connectivity index (χ0n) is 16.0. The lowest BCUT2D eigenvalue weighted by Crippen LogP contribution is -2.72. The lowest BCUT2D eigenvalue weighted by Gasteiger charge is -2.53. The van der Waals surface area contributed by atoms with Gasteiger partial charge < -0.3 is 4.74 Å². The van der Waals surface area contributed by atoms with Crippen molar-refractivity contribution in [3.63, 3.8) is 0 Å². The molecule has 138 valence electrons. The third kappa shape index (κ3) is 3.90. The van der Waals surface area contributed by atoms with Crippen LogP contribution in [0.1, 0.15) is 58.9 Å². The second-order valence-corrected chi connectivity index (χ2v) is 8.09. The Bertz CT molecular complexity index is 565. The molecule has 1 amide bonds. The van der Waals surface area contributed by atoms with Crippen molar-refractivity contribution in [2.75, 3.05) is 0 Å². The Morgan fingerprint density at radius 3 is 2.36 bits per heavy atom. The number of carbonyl (C=O) groups excluding carboxylic acids is 1. The number of carbonyl (C=O) groups is 1. The summed E-state index contributed by atoms with van der Waals surface area (Å²) in [4.78, 5) is 12.9. The predicted octanol–water partition coefficient (Wildman–Crippen LogP) is 4.01. The average molecular weight is 344 g/mol.